The number of nitrogens with one attached hydrogen (secondary N) is 1. The Labute approximate surface area is 90.2 Å². The molecule has 1 aromatic carbocycles. The first-order chi connectivity index (χ1) is 7.31. The average molecular weight is 204 g/mol. The highest BCUT2D eigenvalue weighted by atomic mass is 16.5. The van der Waals surface area contributed by atoms with Crippen molar-refractivity contribution in [3.63, 3.8) is 0 Å². The molecular weight excluding hydrogens is 188 g/mol. The number of benzene rings is 1. The molecule has 15 heavy (non-hydrogen) atoms. The van der Waals surface area contributed by atoms with Crippen LogP contribution in [0.5, 0.6) is 5.75 Å². The Bertz CT molecular complexity index is 362. The van der Waals surface area contributed by atoms with E-state index in [-0.39, 0.29) is 0 Å². The third-order valence-corrected chi connectivity index (χ3v) is 2.78. The van der Waals surface area contributed by atoms with E-state index in [2.05, 4.69) is 11.0 Å². The molecule has 0 spiro atoms. The van der Waals surface area contributed by atoms with E-state index in [0.717, 1.165) is 43.1 Å². The van der Waals surface area contributed by atoms with Crippen molar-refractivity contribution in [1.82, 2.24) is 4.90 Å². The lowest BCUT2D eigenvalue weighted by Crippen LogP contribution is -2.23. The Morgan fingerprint density at radius 2 is 2.20 bits per heavy atom. The van der Waals surface area contributed by atoms with Crippen molar-refractivity contribution in [2.75, 3.05) is 13.7 Å². The average Bonchev–Trinajstić information content (AvgIpc) is 2.65. The number of para-hydroxylation sites is 1. The molecule has 0 aromatic heterocycles. The third kappa shape index (κ3) is 2.12. The number of nitrogens with zero attached hydrogens (tertiary/aromatic N) is 1. The molecule has 0 unspecified atom stereocenters. The summed E-state index contributed by atoms with van der Waals surface area (Å²) in [4.78, 5) is 2.11. The molecule has 1 aliphatic rings. The predicted molar refractivity (Wildman–Crippen MR) is 60.4 cm³/mol. The van der Waals surface area contributed by atoms with Gasteiger partial charge < -0.3 is 9.64 Å². The Hall–Kier alpha value is -1.51. The smallest absolute Gasteiger partial charge is 0.123 e. The topological polar surface area (TPSA) is 36.3 Å². The molecule has 0 bridgehead atoms. The summed E-state index contributed by atoms with van der Waals surface area (Å²) in [5.74, 6) is 1.66. The Balaban J connectivity index is 2.12. The van der Waals surface area contributed by atoms with Crippen molar-refractivity contribution >= 4 is 5.84 Å². The minimum atomic E-state index is 0.751. The number of hydrogen-bond donors (Lipinski definition) is 1. The molecule has 1 N–H and O–H groups in total. The van der Waals surface area contributed by atoms with Gasteiger partial charge in [-0.2, -0.15) is 0 Å². The zero-order valence-electron chi connectivity index (χ0n) is 8.99. The second kappa shape index (κ2) is 4.34. The lowest BCUT2D eigenvalue weighted by molar-refractivity contribution is 0.390. The van der Waals surface area contributed by atoms with Crippen LogP contribution in [0.3, 0.4) is 0 Å². The van der Waals surface area contributed by atoms with Gasteiger partial charge in [0.05, 0.1) is 12.9 Å². The summed E-state index contributed by atoms with van der Waals surface area (Å²) in [6, 6.07) is 8.01. The molecule has 3 nitrogen and oxygen atoms in total. The quantitative estimate of drug-likeness (QED) is 0.820. The first-order valence-electron chi connectivity index (χ1n) is 5.25. The normalized spacial score (nSPS) is 15.8. The monoisotopic (exact) mass is 204 g/mol. The maximum absolute atomic E-state index is 7.77. The third-order valence-electron chi connectivity index (χ3n) is 2.78. The lowest BCUT2D eigenvalue weighted by Gasteiger charge is -2.19. The molecule has 1 saturated heterocycles. The highest BCUT2D eigenvalue weighted by molar-refractivity contribution is 5.80. The SMILES string of the molecule is COc1ccccc1CN1CCCC1=N. The Kier molecular flexibility index (Phi) is 2.90. The summed E-state index contributed by atoms with van der Waals surface area (Å²) in [6.07, 6.45) is 2.02. The van der Waals surface area contributed by atoms with E-state index in [0.29, 0.717) is 0 Å². The molecule has 1 fully saturated rings. The van der Waals surface area contributed by atoms with Gasteiger partial charge in [0, 0.05) is 25.1 Å². The largest absolute Gasteiger partial charge is 0.496 e. The van der Waals surface area contributed by atoms with Gasteiger partial charge in [-0.05, 0) is 12.5 Å². The van der Waals surface area contributed by atoms with Gasteiger partial charge in [0.15, 0.2) is 0 Å². The second-order valence-electron chi connectivity index (χ2n) is 3.78. The minimum absolute atomic E-state index is 0.751. The van der Waals surface area contributed by atoms with Crippen LogP contribution in [0, 0.1) is 5.41 Å². The van der Waals surface area contributed by atoms with E-state index in [1.54, 1.807) is 7.11 Å². The van der Waals surface area contributed by atoms with Crippen LogP contribution in [-0.2, 0) is 6.54 Å². The van der Waals surface area contributed by atoms with Gasteiger partial charge in [0.1, 0.15) is 5.75 Å². The zero-order chi connectivity index (χ0) is 10.7. The van der Waals surface area contributed by atoms with Gasteiger partial charge in [-0.15, -0.1) is 0 Å². The van der Waals surface area contributed by atoms with E-state index in [9.17, 15) is 0 Å². The van der Waals surface area contributed by atoms with E-state index < -0.39 is 0 Å². The van der Waals surface area contributed by atoms with Crippen molar-refractivity contribution in [2.24, 2.45) is 0 Å². The number of amidine groups is 1. The van der Waals surface area contributed by atoms with E-state index >= 15 is 0 Å². The molecule has 1 heterocycles. The van der Waals surface area contributed by atoms with Crippen LogP contribution in [0.4, 0.5) is 0 Å². The summed E-state index contributed by atoms with van der Waals surface area (Å²) in [5.41, 5.74) is 1.16. The molecule has 0 amide bonds. The van der Waals surface area contributed by atoms with Crippen molar-refractivity contribution < 1.29 is 4.74 Å². The second-order valence-corrected chi connectivity index (χ2v) is 3.78. The van der Waals surface area contributed by atoms with Gasteiger partial charge in [-0.25, -0.2) is 0 Å². The molecule has 80 valence electrons. The number of likely N-dealkylation sites (tertiary alicyclic amines) is 1. The van der Waals surface area contributed by atoms with Crippen molar-refractivity contribution in [3.8, 4) is 5.75 Å². The van der Waals surface area contributed by atoms with Crippen LogP contribution < -0.4 is 4.74 Å². The van der Waals surface area contributed by atoms with Crippen LogP contribution in [-0.4, -0.2) is 24.4 Å². The fourth-order valence-electron chi connectivity index (χ4n) is 1.94. The molecule has 0 saturated carbocycles. The first kappa shape index (κ1) is 10.0. The molecule has 0 atom stereocenters. The predicted octanol–water partition coefficient (Wildman–Crippen LogP) is 2.27. The lowest BCUT2D eigenvalue weighted by atomic mass is 10.2. The highest BCUT2D eigenvalue weighted by Gasteiger charge is 2.17. The first-order valence-corrected chi connectivity index (χ1v) is 5.25. The van der Waals surface area contributed by atoms with Crippen LogP contribution in [0.25, 0.3) is 0 Å². The van der Waals surface area contributed by atoms with E-state index in [1.807, 2.05) is 18.2 Å². The summed E-state index contributed by atoms with van der Waals surface area (Å²) < 4.78 is 5.29. The summed E-state index contributed by atoms with van der Waals surface area (Å²) in [5, 5.41) is 7.77. The van der Waals surface area contributed by atoms with Gasteiger partial charge in [-0.3, -0.25) is 5.41 Å². The molecule has 1 aromatic rings. The Morgan fingerprint density at radius 1 is 1.40 bits per heavy atom. The Morgan fingerprint density at radius 3 is 2.87 bits per heavy atom. The van der Waals surface area contributed by atoms with Crippen molar-refractivity contribution in [3.05, 3.63) is 29.8 Å². The minimum Gasteiger partial charge on any atom is -0.496 e. The van der Waals surface area contributed by atoms with Gasteiger partial charge in [0.2, 0.25) is 0 Å². The standard InChI is InChI=1S/C12H16N2O/c1-15-11-6-3-2-5-10(11)9-14-8-4-7-12(14)13/h2-3,5-6,13H,4,7-9H2,1H3. The van der Waals surface area contributed by atoms with E-state index in [4.69, 9.17) is 10.1 Å². The number of hydrogen-bond acceptors (Lipinski definition) is 2. The molecule has 0 radical (unpaired) electrons. The molecule has 1 aliphatic heterocycles. The van der Waals surface area contributed by atoms with Gasteiger partial charge in [-0.1, -0.05) is 18.2 Å². The summed E-state index contributed by atoms with van der Waals surface area (Å²) >= 11 is 0. The molecule has 2 rings (SSSR count). The fraction of sp³-hybridized carbons (Fsp3) is 0.417. The van der Waals surface area contributed by atoms with Crippen molar-refractivity contribution in [2.45, 2.75) is 19.4 Å². The summed E-state index contributed by atoms with van der Waals surface area (Å²) in [7, 11) is 1.69. The fourth-order valence-corrected chi connectivity index (χ4v) is 1.94. The van der Waals surface area contributed by atoms with E-state index in [1.165, 1.54) is 0 Å². The zero-order valence-corrected chi connectivity index (χ0v) is 8.99. The molecular formula is C12H16N2O. The molecule has 0 aliphatic carbocycles. The van der Waals surface area contributed by atoms with Crippen LogP contribution >= 0.6 is 0 Å². The van der Waals surface area contributed by atoms with Crippen LogP contribution in [0.1, 0.15) is 18.4 Å². The van der Waals surface area contributed by atoms with Gasteiger partial charge >= 0.3 is 0 Å². The number of rotatable bonds is 3. The van der Waals surface area contributed by atoms with Gasteiger partial charge in [0.25, 0.3) is 0 Å². The highest BCUT2D eigenvalue weighted by Crippen LogP contribution is 2.21. The molecule has 3 heteroatoms. The van der Waals surface area contributed by atoms with Crippen LogP contribution in [0.2, 0.25) is 0 Å². The maximum Gasteiger partial charge on any atom is 0.123 e. The number of ether oxygens (including phenoxy) is 1. The maximum atomic E-state index is 7.77. The number of methoxy groups -OCH3 is 1. The van der Waals surface area contributed by atoms with Crippen molar-refractivity contribution in [1.29, 1.82) is 5.41 Å². The van der Waals surface area contributed by atoms with Crippen LogP contribution in [0.15, 0.2) is 24.3 Å². The summed E-state index contributed by atoms with van der Waals surface area (Å²) in [6.45, 7) is 1.79.